The van der Waals surface area contributed by atoms with Crippen LogP contribution in [0.3, 0.4) is 0 Å². The highest BCUT2D eigenvalue weighted by molar-refractivity contribution is 9.10. The maximum Gasteiger partial charge on any atom is 0.258 e. The average molecular weight is 471 g/mol. The Bertz CT molecular complexity index is 828. The molecular weight excluding hydrogens is 446 g/mol. The van der Waals surface area contributed by atoms with Crippen LogP contribution in [0.1, 0.15) is 37.3 Å². The normalized spacial score (nSPS) is 11.6. The van der Waals surface area contributed by atoms with E-state index < -0.39 is 0 Å². The number of hydrogen-bond acceptors (Lipinski definition) is 4. The van der Waals surface area contributed by atoms with E-state index in [0.717, 1.165) is 16.5 Å². The summed E-state index contributed by atoms with van der Waals surface area (Å²) in [5, 5.41) is 3.29. The zero-order valence-corrected chi connectivity index (χ0v) is 18.8. The predicted octanol–water partition coefficient (Wildman–Crippen LogP) is 5.33. The van der Waals surface area contributed by atoms with Crippen molar-refractivity contribution in [3.8, 4) is 17.2 Å². The van der Waals surface area contributed by atoms with Gasteiger partial charge in [0.05, 0.1) is 18.7 Å². The van der Waals surface area contributed by atoms with Crippen LogP contribution in [0, 0.1) is 0 Å². The monoisotopic (exact) mass is 469 g/mol. The molecule has 7 heteroatoms. The van der Waals surface area contributed by atoms with Gasteiger partial charge in [0, 0.05) is 17.6 Å². The van der Waals surface area contributed by atoms with Crippen molar-refractivity contribution in [3.63, 3.8) is 0 Å². The van der Waals surface area contributed by atoms with E-state index in [1.54, 1.807) is 26.4 Å². The van der Waals surface area contributed by atoms with Crippen LogP contribution in [-0.2, 0) is 11.3 Å². The van der Waals surface area contributed by atoms with Gasteiger partial charge in [-0.1, -0.05) is 31.5 Å². The van der Waals surface area contributed by atoms with Crippen LogP contribution in [0.25, 0.3) is 0 Å². The molecule has 2 rings (SSSR count). The number of halogens is 2. The first-order valence-electron chi connectivity index (χ1n) is 8.98. The standard InChI is InChI=1S/C21H25BrClNO4/c1-5-13(2)14-6-7-18(16(22)8-14)28-12-21(25)24-11-15-9-19(26-3)20(27-4)10-17(15)23/h6-10,13H,5,11-12H2,1-4H3,(H,24,25). The number of rotatable bonds is 9. The molecule has 1 N–H and O–H groups in total. The van der Waals surface area contributed by atoms with E-state index in [2.05, 4.69) is 35.1 Å². The van der Waals surface area contributed by atoms with Gasteiger partial charge in [0.1, 0.15) is 5.75 Å². The van der Waals surface area contributed by atoms with Gasteiger partial charge in [0.25, 0.3) is 5.91 Å². The van der Waals surface area contributed by atoms with Crippen LogP contribution in [0.4, 0.5) is 0 Å². The Kier molecular flexibility index (Phi) is 8.45. The minimum atomic E-state index is -0.247. The highest BCUT2D eigenvalue weighted by Crippen LogP contribution is 2.33. The summed E-state index contributed by atoms with van der Waals surface area (Å²) in [6.45, 7) is 4.49. The SMILES string of the molecule is CCC(C)c1ccc(OCC(=O)NCc2cc(OC)c(OC)cc2Cl)c(Br)c1. The van der Waals surface area contributed by atoms with Gasteiger partial charge in [0.15, 0.2) is 18.1 Å². The van der Waals surface area contributed by atoms with Crippen molar-refractivity contribution < 1.29 is 19.0 Å². The lowest BCUT2D eigenvalue weighted by molar-refractivity contribution is -0.123. The van der Waals surface area contributed by atoms with Crippen LogP contribution in [-0.4, -0.2) is 26.7 Å². The largest absolute Gasteiger partial charge is 0.493 e. The smallest absolute Gasteiger partial charge is 0.258 e. The van der Waals surface area contributed by atoms with Crippen LogP contribution in [0.2, 0.25) is 5.02 Å². The molecule has 0 spiro atoms. The molecule has 1 amide bonds. The number of benzene rings is 2. The summed E-state index contributed by atoms with van der Waals surface area (Å²) in [5.41, 5.74) is 1.96. The van der Waals surface area contributed by atoms with Crippen LogP contribution in [0.15, 0.2) is 34.8 Å². The zero-order valence-electron chi connectivity index (χ0n) is 16.5. The highest BCUT2D eigenvalue weighted by atomic mass is 79.9. The first kappa shape index (κ1) is 22.4. The van der Waals surface area contributed by atoms with Crippen molar-refractivity contribution in [1.29, 1.82) is 0 Å². The van der Waals surface area contributed by atoms with Crippen molar-refractivity contribution in [1.82, 2.24) is 5.32 Å². The highest BCUT2D eigenvalue weighted by Gasteiger charge is 2.12. The molecule has 0 aromatic heterocycles. The van der Waals surface area contributed by atoms with Crippen molar-refractivity contribution in [3.05, 3.63) is 51.0 Å². The molecular formula is C21H25BrClNO4. The molecule has 0 aliphatic carbocycles. The molecule has 0 saturated heterocycles. The van der Waals surface area contributed by atoms with Gasteiger partial charge >= 0.3 is 0 Å². The number of methoxy groups -OCH3 is 2. The topological polar surface area (TPSA) is 56.8 Å². The van der Waals surface area contributed by atoms with Crippen molar-refractivity contribution in [2.24, 2.45) is 0 Å². The Labute approximate surface area is 179 Å². The van der Waals surface area contributed by atoms with E-state index in [1.807, 2.05) is 18.2 Å². The van der Waals surface area contributed by atoms with Gasteiger partial charge in [-0.3, -0.25) is 4.79 Å². The second-order valence-electron chi connectivity index (χ2n) is 6.36. The second kappa shape index (κ2) is 10.6. The average Bonchev–Trinajstić information content (AvgIpc) is 2.70. The van der Waals surface area contributed by atoms with Gasteiger partial charge in [-0.15, -0.1) is 0 Å². The molecule has 1 atom stereocenters. The lowest BCUT2D eigenvalue weighted by atomic mass is 9.99. The summed E-state index contributed by atoms with van der Waals surface area (Å²) in [5.74, 6) is 1.95. The summed E-state index contributed by atoms with van der Waals surface area (Å²) in [6.07, 6.45) is 1.06. The maximum absolute atomic E-state index is 12.2. The molecule has 2 aromatic carbocycles. The number of amides is 1. The molecule has 0 heterocycles. The summed E-state index contributed by atoms with van der Waals surface area (Å²) < 4.78 is 16.9. The molecule has 0 aliphatic rings. The third-order valence-electron chi connectivity index (χ3n) is 4.52. The van der Waals surface area contributed by atoms with Gasteiger partial charge in [-0.25, -0.2) is 0 Å². The zero-order chi connectivity index (χ0) is 20.7. The molecule has 5 nitrogen and oxygen atoms in total. The fourth-order valence-corrected chi connectivity index (χ4v) is 3.33. The fourth-order valence-electron chi connectivity index (χ4n) is 2.60. The van der Waals surface area contributed by atoms with E-state index in [9.17, 15) is 4.79 Å². The Hall–Kier alpha value is -1.92. The van der Waals surface area contributed by atoms with Gasteiger partial charge in [-0.2, -0.15) is 0 Å². The third-order valence-corrected chi connectivity index (χ3v) is 5.50. The summed E-state index contributed by atoms with van der Waals surface area (Å²) in [7, 11) is 3.09. The van der Waals surface area contributed by atoms with Gasteiger partial charge in [-0.05, 0) is 57.6 Å². The lowest BCUT2D eigenvalue weighted by Crippen LogP contribution is -2.28. The molecule has 0 fully saturated rings. The van der Waals surface area contributed by atoms with Crippen LogP contribution in [0.5, 0.6) is 17.2 Å². The first-order chi connectivity index (χ1) is 13.4. The quantitative estimate of drug-likeness (QED) is 0.538. The molecule has 0 bridgehead atoms. The summed E-state index contributed by atoms with van der Waals surface area (Å²) in [4.78, 5) is 12.2. The lowest BCUT2D eigenvalue weighted by Gasteiger charge is -2.14. The number of nitrogens with one attached hydrogen (secondary N) is 1. The Morgan fingerprint density at radius 2 is 1.82 bits per heavy atom. The van der Waals surface area contributed by atoms with Crippen molar-refractivity contribution in [2.45, 2.75) is 32.7 Å². The van der Waals surface area contributed by atoms with Gasteiger partial charge < -0.3 is 19.5 Å². The minimum absolute atomic E-state index is 0.0911. The molecule has 0 saturated carbocycles. The minimum Gasteiger partial charge on any atom is -0.493 e. The third kappa shape index (κ3) is 5.79. The van der Waals surface area contributed by atoms with E-state index in [-0.39, 0.29) is 19.1 Å². The van der Waals surface area contributed by atoms with E-state index in [0.29, 0.717) is 28.2 Å². The molecule has 152 valence electrons. The molecule has 28 heavy (non-hydrogen) atoms. The first-order valence-corrected chi connectivity index (χ1v) is 10.2. The van der Waals surface area contributed by atoms with Crippen LogP contribution < -0.4 is 19.5 Å². The molecule has 0 radical (unpaired) electrons. The van der Waals surface area contributed by atoms with Crippen molar-refractivity contribution in [2.75, 3.05) is 20.8 Å². The Morgan fingerprint density at radius 1 is 1.14 bits per heavy atom. The predicted molar refractivity (Wildman–Crippen MR) is 115 cm³/mol. The Morgan fingerprint density at radius 3 is 2.43 bits per heavy atom. The number of carbonyl (C=O) groups is 1. The molecule has 1 unspecified atom stereocenters. The Balaban J connectivity index is 1.93. The van der Waals surface area contributed by atoms with Crippen molar-refractivity contribution >= 4 is 33.4 Å². The van der Waals surface area contributed by atoms with E-state index >= 15 is 0 Å². The molecule has 0 aliphatic heterocycles. The number of hydrogen-bond donors (Lipinski definition) is 1. The fraction of sp³-hybridized carbons (Fsp3) is 0.381. The molecule has 2 aromatic rings. The summed E-state index contributed by atoms with van der Waals surface area (Å²) in [6, 6.07) is 9.34. The maximum atomic E-state index is 12.2. The number of carbonyl (C=O) groups excluding carboxylic acids is 1. The second-order valence-corrected chi connectivity index (χ2v) is 7.62. The summed E-state index contributed by atoms with van der Waals surface area (Å²) >= 11 is 9.75. The number of ether oxygens (including phenoxy) is 3. The van der Waals surface area contributed by atoms with Gasteiger partial charge in [0.2, 0.25) is 0 Å². The van der Waals surface area contributed by atoms with Crippen LogP contribution >= 0.6 is 27.5 Å². The van der Waals surface area contributed by atoms with E-state index in [4.69, 9.17) is 25.8 Å². The van der Waals surface area contributed by atoms with E-state index in [1.165, 1.54) is 5.56 Å².